The van der Waals surface area contributed by atoms with Gasteiger partial charge in [-0.3, -0.25) is 0 Å². The highest BCUT2D eigenvalue weighted by molar-refractivity contribution is 5.35. The van der Waals surface area contributed by atoms with E-state index in [-0.39, 0.29) is 0 Å². The van der Waals surface area contributed by atoms with E-state index in [0.29, 0.717) is 11.8 Å². The van der Waals surface area contributed by atoms with Crippen LogP contribution in [0.3, 0.4) is 0 Å². The summed E-state index contributed by atoms with van der Waals surface area (Å²) in [4.78, 5) is 8.78. The Labute approximate surface area is 119 Å². The standard InChI is InChI=1S/C16H19N3O/c1-12-5-2-3-7-15(12)20-14-10-18-16(19-11-14)9-13-6-4-8-17-13/h2-3,5,7,10-11,13,17H,4,6,8-9H2,1H3. The van der Waals surface area contributed by atoms with Crippen LogP contribution in [0.1, 0.15) is 24.2 Å². The van der Waals surface area contributed by atoms with Gasteiger partial charge in [-0.25, -0.2) is 9.97 Å². The second-order valence-corrected chi connectivity index (χ2v) is 5.20. The SMILES string of the molecule is Cc1ccccc1Oc1cnc(CC2CCCN2)nc1. The highest BCUT2D eigenvalue weighted by Gasteiger charge is 2.15. The maximum atomic E-state index is 5.79. The van der Waals surface area contributed by atoms with Gasteiger partial charge in [-0.15, -0.1) is 0 Å². The third-order valence-electron chi connectivity index (χ3n) is 3.59. The molecule has 1 saturated heterocycles. The molecule has 1 aliphatic heterocycles. The summed E-state index contributed by atoms with van der Waals surface area (Å²) < 4.78 is 5.79. The predicted molar refractivity (Wildman–Crippen MR) is 78.0 cm³/mol. The van der Waals surface area contributed by atoms with Crippen LogP contribution in [0.15, 0.2) is 36.7 Å². The molecule has 2 heterocycles. The van der Waals surface area contributed by atoms with Crippen LogP contribution in [0.25, 0.3) is 0 Å². The highest BCUT2D eigenvalue weighted by Crippen LogP contribution is 2.23. The third-order valence-corrected chi connectivity index (χ3v) is 3.59. The smallest absolute Gasteiger partial charge is 0.164 e. The number of nitrogens with zero attached hydrogens (tertiary/aromatic N) is 2. The summed E-state index contributed by atoms with van der Waals surface area (Å²) in [6.45, 7) is 3.13. The monoisotopic (exact) mass is 269 g/mol. The molecule has 4 heteroatoms. The van der Waals surface area contributed by atoms with Crippen LogP contribution in [0.2, 0.25) is 0 Å². The minimum Gasteiger partial charge on any atom is -0.454 e. The Morgan fingerprint density at radius 3 is 2.75 bits per heavy atom. The Hall–Kier alpha value is -1.94. The van der Waals surface area contributed by atoms with Gasteiger partial charge in [-0.05, 0) is 37.9 Å². The van der Waals surface area contributed by atoms with Crippen molar-refractivity contribution < 1.29 is 4.74 Å². The van der Waals surface area contributed by atoms with Gasteiger partial charge < -0.3 is 10.1 Å². The van der Waals surface area contributed by atoms with Crippen LogP contribution in [0.4, 0.5) is 0 Å². The second-order valence-electron chi connectivity index (χ2n) is 5.20. The summed E-state index contributed by atoms with van der Waals surface area (Å²) in [5.41, 5.74) is 1.10. The number of hydrogen-bond acceptors (Lipinski definition) is 4. The van der Waals surface area contributed by atoms with Gasteiger partial charge in [0.25, 0.3) is 0 Å². The number of nitrogens with one attached hydrogen (secondary N) is 1. The number of rotatable bonds is 4. The zero-order valence-electron chi connectivity index (χ0n) is 11.7. The number of benzene rings is 1. The van der Waals surface area contributed by atoms with Crippen LogP contribution < -0.4 is 10.1 Å². The normalized spacial score (nSPS) is 18.1. The molecule has 1 N–H and O–H groups in total. The molecule has 1 unspecified atom stereocenters. The van der Waals surface area contributed by atoms with Crippen LogP contribution in [0.5, 0.6) is 11.5 Å². The molecule has 1 atom stereocenters. The van der Waals surface area contributed by atoms with Crippen LogP contribution in [0, 0.1) is 6.92 Å². The van der Waals surface area contributed by atoms with Crippen molar-refractivity contribution in [1.82, 2.24) is 15.3 Å². The molecule has 0 radical (unpaired) electrons. The first kappa shape index (κ1) is 13.1. The Balaban J connectivity index is 1.65. The second kappa shape index (κ2) is 6.01. The van der Waals surface area contributed by atoms with Gasteiger partial charge in [-0.2, -0.15) is 0 Å². The van der Waals surface area contributed by atoms with Crippen molar-refractivity contribution >= 4 is 0 Å². The average molecular weight is 269 g/mol. The van der Waals surface area contributed by atoms with E-state index in [2.05, 4.69) is 15.3 Å². The van der Waals surface area contributed by atoms with Gasteiger partial charge >= 0.3 is 0 Å². The molecule has 104 valence electrons. The fraction of sp³-hybridized carbons (Fsp3) is 0.375. The van der Waals surface area contributed by atoms with E-state index < -0.39 is 0 Å². The number of para-hydroxylation sites is 1. The van der Waals surface area contributed by atoms with Gasteiger partial charge in [0.2, 0.25) is 0 Å². The van der Waals surface area contributed by atoms with Crippen molar-refractivity contribution in [2.24, 2.45) is 0 Å². The van der Waals surface area contributed by atoms with Crippen molar-refractivity contribution in [2.75, 3.05) is 6.54 Å². The lowest BCUT2D eigenvalue weighted by Gasteiger charge is -2.10. The molecule has 1 aromatic heterocycles. The van der Waals surface area contributed by atoms with Crippen molar-refractivity contribution in [3.63, 3.8) is 0 Å². The van der Waals surface area contributed by atoms with Crippen molar-refractivity contribution in [3.8, 4) is 11.5 Å². The Morgan fingerprint density at radius 1 is 1.25 bits per heavy atom. The topological polar surface area (TPSA) is 47.0 Å². The molecule has 1 aliphatic rings. The predicted octanol–water partition coefficient (Wildman–Crippen LogP) is 2.87. The van der Waals surface area contributed by atoms with Gasteiger partial charge in [0.05, 0.1) is 12.4 Å². The maximum Gasteiger partial charge on any atom is 0.164 e. The van der Waals surface area contributed by atoms with E-state index in [1.165, 1.54) is 12.8 Å². The third kappa shape index (κ3) is 3.14. The molecule has 20 heavy (non-hydrogen) atoms. The van der Waals surface area contributed by atoms with Crippen LogP contribution in [-0.4, -0.2) is 22.6 Å². The number of ether oxygens (including phenoxy) is 1. The van der Waals surface area contributed by atoms with E-state index in [0.717, 1.165) is 30.1 Å². The van der Waals surface area contributed by atoms with Crippen molar-refractivity contribution in [2.45, 2.75) is 32.2 Å². The molecular formula is C16H19N3O. The maximum absolute atomic E-state index is 5.79. The summed E-state index contributed by atoms with van der Waals surface area (Å²) >= 11 is 0. The van der Waals surface area contributed by atoms with Gasteiger partial charge in [0.15, 0.2) is 5.75 Å². The molecule has 4 nitrogen and oxygen atoms in total. The lowest BCUT2D eigenvalue weighted by molar-refractivity contribution is 0.471. The Bertz CT molecular complexity index is 562. The summed E-state index contributed by atoms with van der Waals surface area (Å²) in [6, 6.07) is 8.46. The molecule has 1 aromatic carbocycles. The summed E-state index contributed by atoms with van der Waals surface area (Å²) in [7, 11) is 0. The van der Waals surface area contributed by atoms with Gasteiger partial charge in [0.1, 0.15) is 11.6 Å². The number of aromatic nitrogens is 2. The highest BCUT2D eigenvalue weighted by atomic mass is 16.5. The minimum absolute atomic E-state index is 0.526. The van der Waals surface area contributed by atoms with E-state index >= 15 is 0 Å². The molecule has 0 spiro atoms. The van der Waals surface area contributed by atoms with E-state index in [1.54, 1.807) is 12.4 Å². The number of hydrogen-bond donors (Lipinski definition) is 1. The van der Waals surface area contributed by atoms with Crippen molar-refractivity contribution in [3.05, 3.63) is 48.0 Å². The van der Waals surface area contributed by atoms with Crippen molar-refractivity contribution in [1.29, 1.82) is 0 Å². The number of aryl methyl sites for hydroxylation is 1. The van der Waals surface area contributed by atoms with E-state index in [9.17, 15) is 0 Å². The van der Waals surface area contributed by atoms with Gasteiger partial charge in [-0.1, -0.05) is 18.2 Å². The first-order chi connectivity index (χ1) is 9.81. The Morgan fingerprint density at radius 2 is 2.05 bits per heavy atom. The zero-order valence-corrected chi connectivity index (χ0v) is 11.7. The zero-order chi connectivity index (χ0) is 13.8. The van der Waals surface area contributed by atoms with Crippen LogP contribution >= 0.6 is 0 Å². The molecular weight excluding hydrogens is 250 g/mol. The largest absolute Gasteiger partial charge is 0.454 e. The fourth-order valence-electron chi connectivity index (χ4n) is 2.45. The van der Waals surface area contributed by atoms with E-state index in [4.69, 9.17) is 4.74 Å². The van der Waals surface area contributed by atoms with E-state index in [1.807, 2.05) is 31.2 Å². The molecule has 2 aromatic rings. The summed E-state index contributed by atoms with van der Waals surface area (Å²) in [6.07, 6.45) is 6.86. The first-order valence-corrected chi connectivity index (χ1v) is 7.09. The molecule has 0 amide bonds. The molecule has 0 aliphatic carbocycles. The summed E-state index contributed by atoms with van der Waals surface area (Å²) in [5.74, 6) is 2.41. The Kier molecular flexibility index (Phi) is 3.92. The molecule has 1 fully saturated rings. The quantitative estimate of drug-likeness (QED) is 0.927. The fourth-order valence-corrected chi connectivity index (χ4v) is 2.45. The minimum atomic E-state index is 0.526. The summed E-state index contributed by atoms with van der Waals surface area (Å²) in [5, 5.41) is 3.46. The molecule has 0 saturated carbocycles. The lowest BCUT2D eigenvalue weighted by Crippen LogP contribution is -2.24. The lowest BCUT2D eigenvalue weighted by atomic mass is 10.1. The van der Waals surface area contributed by atoms with Gasteiger partial charge in [0, 0.05) is 12.5 Å². The van der Waals surface area contributed by atoms with Crippen LogP contribution in [-0.2, 0) is 6.42 Å². The first-order valence-electron chi connectivity index (χ1n) is 7.09. The molecule has 0 bridgehead atoms. The molecule has 3 rings (SSSR count). The average Bonchev–Trinajstić information content (AvgIpc) is 2.96.